The molecule has 1 saturated heterocycles. The van der Waals surface area contributed by atoms with Crippen molar-refractivity contribution in [1.82, 2.24) is 4.90 Å². The van der Waals surface area contributed by atoms with Crippen molar-refractivity contribution in [3.8, 4) is 5.75 Å². The van der Waals surface area contributed by atoms with Crippen LogP contribution in [0.3, 0.4) is 0 Å². The first-order valence-electron chi connectivity index (χ1n) is 7.39. The summed E-state index contributed by atoms with van der Waals surface area (Å²) in [6.07, 6.45) is 4.58. The highest BCUT2D eigenvalue weighted by atomic mass is 16.5. The van der Waals surface area contributed by atoms with Crippen LogP contribution in [0.4, 0.5) is 5.69 Å². The zero-order chi connectivity index (χ0) is 14.5. The molecule has 1 aromatic carbocycles. The number of ether oxygens (including phenoxy) is 1. The maximum Gasteiger partial charge on any atom is 0.256 e. The van der Waals surface area contributed by atoms with Gasteiger partial charge in [-0.2, -0.15) is 0 Å². The molecular weight excluding hydrogens is 252 g/mol. The summed E-state index contributed by atoms with van der Waals surface area (Å²) in [6, 6.07) is 5.37. The van der Waals surface area contributed by atoms with Crippen molar-refractivity contribution in [3.05, 3.63) is 23.8 Å². The third kappa shape index (κ3) is 3.06. The molecule has 1 heterocycles. The number of methoxy groups -OCH3 is 1. The van der Waals surface area contributed by atoms with Crippen LogP contribution in [-0.2, 0) is 0 Å². The van der Waals surface area contributed by atoms with Crippen molar-refractivity contribution in [3.63, 3.8) is 0 Å². The number of nitrogens with zero attached hydrogens (tertiary/aromatic N) is 1. The van der Waals surface area contributed by atoms with E-state index in [9.17, 15) is 4.79 Å². The molecule has 0 aliphatic carbocycles. The van der Waals surface area contributed by atoms with E-state index in [0.717, 1.165) is 31.8 Å². The van der Waals surface area contributed by atoms with Gasteiger partial charge in [-0.1, -0.05) is 19.4 Å². The monoisotopic (exact) mass is 276 g/mol. The van der Waals surface area contributed by atoms with Gasteiger partial charge < -0.3 is 15.4 Å². The molecule has 1 aliphatic rings. The second-order valence-corrected chi connectivity index (χ2v) is 5.42. The van der Waals surface area contributed by atoms with E-state index in [-0.39, 0.29) is 5.91 Å². The number of hydrogen-bond acceptors (Lipinski definition) is 3. The maximum absolute atomic E-state index is 12.6. The van der Waals surface area contributed by atoms with Gasteiger partial charge in [0.2, 0.25) is 0 Å². The molecule has 110 valence electrons. The Hall–Kier alpha value is -1.71. The normalized spacial score (nSPS) is 19.5. The average molecular weight is 276 g/mol. The highest BCUT2D eigenvalue weighted by Crippen LogP contribution is 2.27. The lowest BCUT2D eigenvalue weighted by Crippen LogP contribution is -2.32. The largest absolute Gasteiger partial charge is 0.495 e. The Bertz CT molecular complexity index is 474. The van der Waals surface area contributed by atoms with Crippen LogP contribution in [0.15, 0.2) is 18.2 Å². The summed E-state index contributed by atoms with van der Waals surface area (Å²) in [4.78, 5) is 14.6. The summed E-state index contributed by atoms with van der Waals surface area (Å²) in [7, 11) is 1.57. The van der Waals surface area contributed by atoms with E-state index in [1.165, 1.54) is 12.8 Å². The number of para-hydroxylation sites is 1. The van der Waals surface area contributed by atoms with Crippen molar-refractivity contribution in [2.24, 2.45) is 5.92 Å². The zero-order valence-electron chi connectivity index (χ0n) is 12.4. The lowest BCUT2D eigenvalue weighted by molar-refractivity contribution is 0.0760. The van der Waals surface area contributed by atoms with E-state index in [4.69, 9.17) is 10.5 Å². The minimum absolute atomic E-state index is 0.0261. The average Bonchev–Trinajstić information content (AvgIpc) is 2.72. The number of amides is 1. The number of benzene rings is 1. The van der Waals surface area contributed by atoms with E-state index in [1.54, 1.807) is 19.2 Å². The van der Waals surface area contributed by atoms with Gasteiger partial charge in [-0.25, -0.2) is 0 Å². The third-order valence-electron chi connectivity index (χ3n) is 4.23. The molecule has 2 rings (SSSR count). The molecule has 4 heteroatoms. The number of carbonyl (C=O) groups is 1. The summed E-state index contributed by atoms with van der Waals surface area (Å²) < 4.78 is 5.19. The molecular formula is C16H24N2O2. The molecule has 0 radical (unpaired) electrons. The van der Waals surface area contributed by atoms with E-state index in [1.807, 2.05) is 11.0 Å². The van der Waals surface area contributed by atoms with Gasteiger partial charge >= 0.3 is 0 Å². The van der Waals surface area contributed by atoms with Crippen LogP contribution in [-0.4, -0.2) is 31.0 Å². The second-order valence-electron chi connectivity index (χ2n) is 5.42. The molecule has 0 bridgehead atoms. The van der Waals surface area contributed by atoms with Crippen LogP contribution in [0.25, 0.3) is 0 Å². The SMILES string of the molecule is CCC1CCCN(C(=O)c2cccc(OC)c2N)CC1. The van der Waals surface area contributed by atoms with Crippen LogP contribution >= 0.6 is 0 Å². The molecule has 1 aromatic rings. The number of hydrogen-bond donors (Lipinski definition) is 1. The van der Waals surface area contributed by atoms with Gasteiger partial charge in [-0.05, 0) is 37.3 Å². The van der Waals surface area contributed by atoms with Gasteiger partial charge in [-0.3, -0.25) is 4.79 Å². The first-order valence-corrected chi connectivity index (χ1v) is 7.39. The van der Waals surface area contributed by atoms with Crippen LogP contribution in [0.5, 0.6) is 5.75 Å². The fourth-order valence-corrected chi connectivity index (χ4v) is 2.86. The van der Waals surface area contributed by atoms with Crippen molar-refractivity contribution < 1.29 is 9.53 Å². The fourth-order valence-electron chi connectivity index (χ4n) is 2.86. The van der Waals surface area contributed by atoms with Gasteiger partial charge in [0, 0.05) is 13.1 Å². The van der Waals surface area contributed by atoms with Crippen LogP contribution in [0.2, 0.25) is 0 Å². The number of rotatable bonds is 3. The topological polar surface area (TPSA) is 55.6 Å². The number of carbonyl (C=O) groups excluding carboxylic acids is 1. The fraction of sp³-hybridized carbons (Fsp3) is 0.562. The summed E-state index contributed by atoms with van der Waals surface area (Å²) >= 11 is 0. The first-order chi connectivity index (χ1) is 9.67. The zero-order valence-corrected chi connectivity index (χ0v) is 12.4. The molecule has 0 aromatic heterocycles. The minimum atomic E-state index is 0.0261. The summed E-state index contributed by atoms with van der Waals surface area (Å²) in [5.41, 5.74) is 7.02. The molecule has 0 spiro atoms. The molecule has 1 aliphatic heterocycles. The summed E-state index contributed by atoms with van der Waals surface area (Å²) in [6.45, 7) is 3.88. The van der Waals surface area contributed by atoms with E-state index in [0.29, 0.717) is 17.0 Å². The highest BCUT2D eigenvalue weighted by molar-refractivity contribution is 6.00. The molecule has 1 atom stereocenters. The number of nitrogen functional groups attached to an aromatic ring is 1. The molecule has 20 heavy (non-hydrogen) atoms. The van der Waals surface area contributed by atoms with Gasteiger partial charge in [0.25, 0.3) is 5.91 Å². The van der Waals surface area contributed by atoms with E-state index >= 15 is 0 Å². The number of anilines is 1. The summed E-state index contributed by atoms with van der Waals surface area (Å²) in [5.74, 6) is 1.34. The molecule has 1 amide bonds. The van der Waals surface area contributed by atoms with Crippen LogP contribution < -0.4 is 10.5 Å². The number of nitrogens with two attached hydrogens (primary N) is 1. The molecule has 0 saturated carbocycles. The Kier molecular flexibility index (Phi) is 4.88. The van der Waals surface area contributed by atoms with Crippen molar-refractivity contribution in [1.29, 1.82) is 0 Å². The third-order valence-corrected chi connectivity index (χ3v) is 4.23. The minimum Gasteiger partial charge on any atom is -0.495 e. The first kappa shape index (κ1) is 14.7. The Morgan fingerprint density at radius 3 is 2.90 bits per heavy atom. The Balaban J connectivity index is 2.15. The predicted molar refractivity (Wildman–Crippen MR) is 80.9 cm³/mol. The van der Waals surface area contributed by atoms with Crippen LogP contribution in [0.1, 0.15) is 43.0 Å². The van der Waals surface area contributed by atoms with Gasteiger partial charge in [0.15, 0.2) is 0 Å². The Morgan fingerprint density at radius 1 is 1.40 bits per heavy atom. The lowest BCUT2D eigenvalue weighted by atomic mass is 9.98. The molecule has 4 nitrogen and oxygen atoms in total. The van der Waals surface area contributed by atoms with Gasteiger partial charge in [-0.15, -0.1) is 0 Å². The predicted octanol–water partition coefficient (Wildman–Crippen LogP) is 2.93. The van der Waals surface area contributed by atoms with Gasteiger partial charge in [0.1, 0.15) is 5.75 Å². The lowest BCUT2D eigenvalue weighted by Gasteiger charge is -2.22. The standard InChI is InChI=1S/C16H24N2O2/c1-3-12-6-5-10-18(11-9-12)16(19)13-7-4-8-14(20-2)15(13)17/h4,7-8,12H,3,5-6,9-11,17H2,1-2H3. The van der Waals surface area contributed by atoms with Crippen molar-refractivity contribution >= 4 is 11.6 Å². The maximum atomic E-state index is 12.6. The van der Waals surface area contributed by atoms with Crippen LogP contribution in [0, 0.1) is 5.92 Å². The highest BCUT2D eigenvalue weighted by Gasteiger charge is 2.23. The second kappa shape index (κ2) is 6.64. The smallest absolute Gasteiger partial charge is 0.256 e. The molecule has 2 N–H and O–H groups in total. The quantitative estimate of drug-likeness (QED) is 0.864. The van der Waals surface area contributed by atoms with Gasteiger partial charge in [0.05, 0.1) is 18.4 Å². The van der Waals surface area contributed by atoms with E-state index < -0.39 is 0 Å². The Morgan fingerprint density at radius 2 is 2.20 bits per heavy atom. The number of likely N-dealkylation sites (tertiary alicyclic amines) is 1. The summed E-state index contributed by atoms with van der Waals surface area (Å²) in [5, 5.41) is 0. The molecule has 1 unspecified atom stereocenters. The van der Waals surface area contributed by atoms with Crippen molar-refractivity contribution in [2.75, 3.05) is 25.9 Å². The molecule has 1 fully saturated rings. The Labute approximate surface area is 120 Å². The van der Waals surface area contributed by atoms with E-state index in [2.05, 4.69) is 6.92 Å². The van der Waals surface area contributed by atoms with Crippen molar-refractivity contribution in [2.45, 2.75) is 32.6 Å².